The van der Waals surface area contributed by atoms with Gasteiger partial charge in [-0.15, -0.1) is 0 Å². The van der Waals surface area contributed by atoms with Crippen molar-refractivity contribution in [3.63, 3.8) is 0 Å². The second-order valence-corrected chi connectivity index (χ2v) is 9.71. The van der Waals surface area contributed by atoms with Crippen molar-refractivity contribution in [2.45, 2.75) is 51.6 Å². The molecule has 40 heavy (non-hydrogen) atoms. The number of unbranched alkanes of at least 4 members (excludes halogenated alkanes) is 5. The van der Waals surface area contributed by atoms with Crippen LogP contribution in [0.5, 0.6) is 0 Å². The van der Waals surface area contributed by atoms with E-state index < -0.39 is 22.5 Å². The number of nitrogens with one attached hydrogen (secondary N) is 2. The minimum atomic E-state index is -0.678. The van der Waals surface area contributed by atoms with E-state index in [1.54, 1.807) is 0 Å². The molecule has 0 aliphatic carbocycles. The Kier molecular flexibility index (Phi) is 6.72. The fourth-order valence-corrected chi connectivity index (χ4v) is 5.19. The lowest BCUT2D eigenvalue weighted by Crippen LogP contribution is -2.28. The quantitative estimate of drug-likeness (QED) is 0.210. The Balaban J connectivity index is 1.09. The molecule has 0 saturated carbocycles. The molecule has 4 heterocycles. The molecule has 4 aliphatic heterocycles. The van der Waals surface area contributed by atoms with E-state index in [0.717, 1.165) is 49.6 Å². The largest absolute Gasteiger partial charge is 0.349 e. The number of hydrogen-bond donors (Lipinski definition) is 2. The predicted molar refractivity (Wildman–Crippen MR) is 150 cm³/mol. The maximum atomic E-state index is 12.3. The van der Waals surface area contributed by atoms with Crippen molar-refractivity contribution in [2.75, 3.05) is 0 Å². The van der Waals surface area contributed by atoms with E-state index in [-0.39, 0.29) is 11.4 Å². The number of fused-ring (bicyclic) bond motifs is 4. The van der Waals surface area contributed by atoms with Crippen molar-refractivity contribution in [3.05, 3.63) is 90.2 Å². The van der Waals surface area contributed by atoms with Crippen LogP contribution in [-0.2, 0) is 13.1 Å². The number of aromatic amines is 2. The van der Waals surface area contributed by atoms with Gasteiger partial charge in [-0.2, -0.15) is 9.97 Å². The molecule has 2 aromatic carbocycles. The Labute approximate surface area is 226 Å². The number of rotatable bonds is 9. The molecular formula is C28H26N8O4. The smallest absolute Gasteiger partial charge is 0.322 e. The molecule has 0 radical (unpaired) electrons. The van der Waals surface area contributed by atoms with Gasteiger partial charge in [-0.25, -0.2) is 19.6 Å². The number of aromatic nitrogens is 8. The highest BCUT2D eigenvalue weighted by Crippen LogP contribution is 2.23. The maximum absolute atomic E-state index is 12.3. The first-order valence-corrected chi connectivity index (χ1v) is 13.3. The summed E-state index contributed by atoms with van der Waals surface area (Å²) in [5.41, 5.74) is 0.904. The average molecular weight is 539 g/mol. The molecule has 0 aromatic heterocycles. The van der Waals surface area contributed by atoms with E-state index in [2.05, 4.69) is 29.9 Å². The van der Waals surface area contributed by atoms with Crippen LogP contribution in [0, 0.1) is 0 Å². The van der Waals surface area contributed by atoms with Crippen LogP contribution < -0.4 is 22.5 Å². The number of aryl methyl sites for hydroxylation is 2. The molecule has 0 spiro atoms. The zero-order chi connectivity index (χ0) is 27.6. The monoisotopic (exact) mass is 538 g/mol. The van der Waals surface area contributed by atoms with Crippen molar-refractivity contribution in [1.29, 1.82) is 0 Å². The van der Waals surface area contributed by atoms with E-state index >= 15 is 0 Å². The highest BCUT2D eigenvalue weighted by atomic mass is 16.2. The van der Waals surface area contributed by atoms with Crippen molar-refractivity contribution < 1.29 is 0 Å². The summed E-state index contributed by atoms with van der Waals surface area (Å²) in [4.78, 5) is 69.8. The average Bonchev–Trinajstić information content (AvgIpc) is 2.94. The minimum absolute atomic E-state index is 0.160. The van der Waals surface area contributed by atoms with Gasteiger partial charge in [0.05, 0.1) is 22.1 Å². The van der Waals surface area contributed by atoms with Crippen LogP contribution in [0.1, 0.15) is 38.5 Å². The summed E-state index contributed by atoms with van der Waals surface area (Å²) < 4.78 is 3.81. The summed E-state index contributed by atoms with van der Waals surface area (Å²) in [6.07, 6.45) is 5.64. The summed E-state index contributed by atoms with van der Waals surface area (Å²) in [6.45, 7) is 1.22. The highest BCUT2D eigenvalue weighted by molar-refractivity contribution is 5.80. The maximum Gasteiger partial charge on any atom is 0.349 e. The fraction of sp³-hybridized carbons (Fsp3) is 0.286. The topological polar surface area (TPSA) is 161 Å². The van der Waals surface area contributed by atoms with Gasteiger partial charge in [-0.3, -0.25) is 19.6 Å². The summed E-state index contributed by atoms with van der Waals surface area (Å²) in [7, 11) is 0. The molecule has 2 aromatic rings. The fourth-order valence-electron chi connectivity index (χ4n) is 5.19. The molecule has 12 nitrogen and oxygen atoms in total. The van der Waals surface area contributed by atoms with Crippen LogP contribution in [-0.4, -0.2) is 39.0 Å². The van der Waals surface area contributed by atoms with Crippen LogP contribution in [0.2, 0.25) is 0 Å². The van der Waals surface area contributed by atoms with Crippen LogP contribution in [0.4, 0.5) is 0 Å². The summed E-state index contributed by atoms with van der Waals surface area (Å²) in [5, 5.41) is 0. The third-order valence-corrected chi connectivity index (χ3v) is 7.04. The third-order valence-electron chi connectivity index (χ3n) is 7.04. The molecule has 0 fully saturated rings. The van der Waals surface area contributed by atoms with Crippen molar-refractivity contribution in [2.24, 2.45) is 0 Å². The first-order chi connectivity index (χ1) is 19.5. The molecule has 0 saturated heterocycles. The lowest BCUT2D eigenvalue weighted by Gasteiger charge is -2.17. The molecule has 202 valence electrons. The summed E-state index contributed by atoms with van der Waals surface area (Å²) >= 11 is 0. The Morgan fingerprint density at radius 3 is 1.38 bits per heavy atom. The number of H-pyrrole nitrogens is 2. The van der Waals surface area contributed by atoms with E-state index in [0.29, 0.717) is 35.8 Å². The van der Waals surface area contributed by atoms with Crippen molar-refractivity contribution in [1.82, 2.24) is 39.0 Å². The number of nitrogens with zero attached hydrogens (tertiary/aromatic N) is 6. The first kappa shape index (κ1) is 25.3. The van der Waals surface area contributed by atoms with Crippen molar-refractivity contribution in [3.8, 4) is 23.0 Å². The van der Waals surface area contributed by atoms with Gasteiger partial charge in [0.2, 0.25) is 0 Å². The Morgan fingerprint density at radius 2 is 0.925 bits per heavy atom. The van der Waals surface area contributed by atoms with Crippen LogP contribution >= 0.6 is 0 Å². The Bertz CT molecular complexity index is 1880. The number of para-hydroxylation sites is 4. The van der Waals surface area contributed by atoms with Gasteiger partial charge >= 0.3 is 11.4 Å². The number of benzene rings is 2. The zero-order valence-electron chi connectivity index (χ0n) is 21.6. The molecule has 2 N–H and O–H groups in total. The molecule has 0 bridgehead atoms. The number of hydrogen-bond acceptors (Lipinski definition) is 8. The molecule has 12 heteroatoms. The third kappa shape index (κ3) is 4.79. The highest BCUT2D eigenvalue weighted by Gasteiger charge is 2.19. The molecule has 0 atom stereocenters. The lowest BCUT2D eigenvalue weighted by molar-refractivity contribution is 0.536. The van der Waals surface area contributed by atoms with Gasteiger partial charge in [0.15, 0.2) is 23.0 Å². The van der Waals surface area contributed by atoms with E-state index in [9.17, 15) is 19.2 Å². The summed E-state index contributed by atoms with van der Waals surface area (Å²) in [6, 6.07) is 15.0. The lowest BCUT2D eigenvalue weighted by atomic mass is 10.1. The van der Waals surface area contributed by atoms with Gasteiger partial charge in [0.1, 0.15) is 0 Å². The predicted octanol–water partition coefficient (Wildman–Crippen LogP) is 2.52. The van der Waals surface area contributed by atoms with E-state index in [4.69, 9.17) is 0 Å². The SMILES string of the molecule is O=c1nc2n(CCCCCCCCn3c4nc(=O)[nH]c(=O)c-4nc4ccccc43)c3ccccc3nc-2c(=O)[nH]1. The zero-order valence-corrected chi connectivity index (χ0v) is 21.6. The van der Waals surface area contributed by atoms with Crippen LogP contribution in [0.25, 0.3) is 45.1 Å². The van der Waals surface area contributed by atoms with Gasteiger partial charge < -0.3 is 9.13 Å². The first-order valence-electron chi connectivity index (χ1n) is 13.3. The van der Waals surface area contributed by atoms with Gasteiger partial charge in [-0.05, 0) is 37.1 Å². The van der Waals surface area contributed by atoms with Crippen molar-refractivity contribution >= 4 is 22.1 Å². The molecule has 0 unspecified atom stereocenters. The normalized spacial score (nSPS) is 11.7. The van der Waals surface area contributed by atoms with E-state index in [1.807, 2.05) is 57.7 Å². The molecular weight excluding hydrogens is 512 g/mol. The Morgan fingerprint density at radius 1 is 0.525 bits per heavy atom. The standard InChI is InChI=1S/C28H26N8O4/c37-25-21-23(31-27(39)33-25)35(19-13-7-5-11-17(19)29-21)15-9-3-1-2-4-10-16-36-20-14-8-6-12-18(20)30-22-24(36)32-28(40)34-26(22)38/h5-8,11-14H,1-4,9-10,15-16H2,(H,33,37,39)(H,34,38,40). The Hall–Kier alpha value is -5.00. The second-order valence-electron chi connectivity index (χ2n) is 9.71. The van der Waals surface area contributed by atoms with Gasteiger partial charge in [0.25, 0.3) is 11.1 Å². The van der Waals surface area contributed by atoms with E-state index in [1.165, 1.54) is 0 Å². The molecule has 0 amide bonds. The summed E-state index contributed by atoms with van der Waals surface area (Å²) in [5.74, 6) is 0.602. The molecule has 4 aliphatic rings. The van der Waals surface area contributed by atoms with Crippen LogP contribution in [0.15, 0.2) is 67.7 Å². The second kappa shape index (κ2) is 10.6. The van der Waals surface area contributed by atoms with Gasteiger partial charge in [0, 0.05) is 13.1 Å². The van der Waals surface area contributed by atoms with Crippen LogP contribution in [0.3, 0.4) is 0 Å². The van der Waals surface area contributed by atoms with Gasteiger partial charge in [-0.1, -0.05) is 49.9 Å². The minimum Gasteiger partial charge on any atom is -0.322 e. The molecule has 6 rings (SSSR count).